The lowest BCUT2D eigenvalue weighted by Gasteiger charge is -2.32. The molecule has 3 aliphatic heterocycles. The van der Waals surface area contributed by atoms with E-state index in [2.05, 4.69) is 33.9 Å². The van der Waals surface area contributed by atoms with Crippen molar-refractivity contribution in [1.29, 1.82) is 0 Å². The zero-order valence-electron chi connectivity index (χ0n) is 35.2. The third-order valence-electron chi connectivity index (χ3n) is 12.2. The summed E-state index contributed by atoms with van der Waals surface area (Å²) in [5.41, 5.74) is 4.96. The number of hydrogen-bond acceptors (Lipinski definition) is 10. The van der Waals surface area contributed by atoms with Crippen LogP contribution in [0.5, 0.6) is 0 Å². The maximum atomic E-state index is 13.4. The molecule has 1 saturated heterocycles. The van der Waals surface area contributed by atoms with Crippen molar-refractivity contribution in [2.75, 3.05) is 24.2 Å². The number of unbranched alkanes of at least 4 members (excludes halogenated alkanes) is 4. The van der Waals surface area contributed by atoms with Crippen molar-refractivity contribution < 1.29 is 38.4 Å². The molecular weight excluding hydrogens is 799 g/mol. The van der Waals surface area contributed by atoms with Gasteiger partial charge in [-0.25, -0.2) is 4.98 Å². The highest BCUT2D eigenvalue weighted by Crippen LogP contribution is 2.41. The third-order valence-corrected chi connectivity index (χ3v) is 13.3. The molecule has 0 radical (unpaired) electrons. The number of nitrogens with zero attached hydrogens (tertiary/aromatic N) is 4. The number of nitrogens with one attached hydrogen (secondary N) is 3. The number of anilines is 2. The summed E-state index contributed by atoms with van der Waals surface area (Å²) in [4.78, 5) is 112. The van der Waals surface area contributed by atoms with Gasteiger partial charge in [0.1, 0.15) is 6.04 Å². The first kappa shape index (κ1) is 43.3. The molecule has 2 atom stereocenters. The lowest BCUT2D eigenvalue weighted by Crippen LogP contribution is -2.54. The normalized spacial score (nSPS) is 17.8. The summed E-state index contributed by atoms with van der Waals surface area (Å²) >= 11 is 1.41. The molecule has 4 aliphatic rings. The molecule has 61 heavy (non-hydrogen) atoms. The molecule has 2 fully saturated rings. The zero-order valence-corrected chi connectivity index (χ0v) is 36.0. The van der Waals surface area contributed by atoms with Crippen LogP contribution in [0, 0.1) is 19.8 Å². The molecule has 1 unspecified atom stereocenters. The summed E-state index contributed by atoms with van der Waals surface area (Å²) in [5.74, 6) is -2.17. The minimum atomic E-state index is -1.07. The number of aromatic nitrogens is 1. The molecular formula is C45H53N7O8S. The minimum Gasteiger partial charge on any atom is -0.356 e. The quantitative estimate of drug-likeness (QED) is 0.0997. The topological polar surface area (TPSA) is 195 Å². The summed E-state index contributed by atoms with van der Waals surface area (Å²) in [6, 6.07) is 7.90. The van der Waals surface area contributed by atoms with E-state index in [0.29, 0.717) is 37.0 Å². The van der Waals surface area contributed by atoms with Crippen molar-refractivity contribution in [1.82, 2.24) is 25.0 Å². The zero-order chi connectivity index (χ0) is 43.5. The number of thiazole rings is 1. The van der Waals surface area contributed by atoms with Crippen LogP contribution in [-0.4, -0.2) is 92.6 Å². The van der Waals surface area contributed by atoms with Crippen molar-refractivity contribution in [3.05, 3.63) is 63.8 Å². The Hall–Kier alpha value is -5.77. The van der Waals surface area contributed by atoms with E-state index in [1.165, 1.54) is 37.3 Å². The number of likely N-dealkylation sites (N-methyl/N-ethyl adjacent to an activating group) is 1. The number of likely N-dealkylation sites (tertiary alicyclic amines) is 1. The molecule has 0 spiro atoms. The van der Waals surface area contributed by atoms with Crippen molar-refractivity contribution in [3.8, 4) is 10.4 Å². The number of fused-ring (bicyclic) bond motifs is 2. The molecule has 4 heterocycles. The minimum absolute atomic E-state index is 0.0421. The van der Waals surface area contributed by atoms with Crippen molar-refractivity contribution >= 4 is 69.4 Å². The second kappa shape index (κ2) is 18.5. The fourth-order valence-corrected chi connectivity index (χ4v) is 9.56. The van der Waals surface area contributed by atoms with Crippen LogP contribution in [0.4, 0.5) is 10.8 Å². The molecule has 1 aliphatic carbocycles. The van der Waals surface area contributed by atoms with Crippen molar-refractivity contribution in [2.24, 2.45) is 5.92 Å². The summed E-state index contributed by atoms with van der Waals surface area (Å²) in [6.07, 6.45) is 7.40. The standard InChI is InChI=1S/C45H53N7O8S/c1-25-22-29(23-30-24-51(43(59)38(25)30)27(3)28-17-18-28)40-26(2)47-45(61-40)49-36(55)16-11-15-34(53)46-21-9-7-5-6-8-14-35(54)48-32-13-10-12-31-39(32)44(60)52(41(31)57)33-19-20-37(56)50(4)42(33)58/h10,12-13,22-23,27-28,33H,5-9,11,14-21,24H2,1-4H3,(H,46,53)(H,48,54)(H,47,49,55)/t27-,33?/m0/s1. The Labute approximate surface area is 359 Å². The van der Waals surface area contributed by atoms with Crippen LogP contribution in [0.3, 0.4) is 0 Å². The van der Waals surface area contributed by atoms with Gasteiger partial charge in [0.2, 0.25) is 23.6 Å². The number of hydrogen-bond donors (Lipinski definition) is 3. The van der Waals surface area contributed by atoms with Gasteiger partial charge in [-0.3, -0.25) is 48.2 Å². The Morgan fingerprint density at radius 1 is 0.820 bits per heavy atom. The SMILES string of the molecule is Cc1cc(-c2sc(NC(=O)CCCC(=O)NCCCCCCCC(=O)Nc3cccc4c3C(=O)N(C3CCC(=O)N(C)C3=O)C4=O)nc2C)cc2c1C(=O)N([C@@H](C)C1CC1)C2. The highest BCUT2D eigenvalue weighted by Gasteiger charge is 2.47. The number of amides is 8. The number of aryl methyl sites for hydroxylation is 2. The maximum Gasteiger partial charge on any atom is 0.264 e. The lowest BCUT2D eigenvalue weighted by atomic mass is 9.99. The van der Waals surface area contributed by atoms with Gasteiger partial charge in [0.25, 0.3) is 23.6 Å². The molecule has 15 nitrogen and oxygen atoms in total. The van der Waals surface area contributed by atoms with Crippen LogP contribution in [0.1, 0.15) is 138 Å². The molecule has 3 N–H and O–H groups in total. The van der Waals surface area contributed by atoms with E-state index in [1.807, 2.05) is 24.8 Å². The van der Waals surface area contributed by atoms with Crippen LogP contribution in [0.2, 0.25) is 0 Å². The van der Waals surface area contributed by atoms with Gasteiger partial charge in [-0.2, -0.15) is 0 Å². The van der Waals surface area contributed by atoms with Gasteiger partial charge >= 0.3 is 0 Å². The number of benzene rings is 2. The summed E-state index contributed by atoms with van der Waals surface area (Å²) < 4.78 is 0. The van der Waals surface area contributed by atoms with Crippen LogP contribution >= 0.6 is 11.3 Å². The predicted molar refractivity (Wildman–Crippen MR) is 229 cm³/mol. The molecule has 8 amide bonds. The molecule has 1 aromatic heterocycles. The first-order valence-electron chi connectivity index (χ1n) is 21.3. The van der Waals surface area contributed by atoms with Gasteiger partial charge in [-0.15, -0.1) is 0 Å². The third kappa shape index (κ3) is 9.43. The van der Waals surface area contributed by atoms with E-state index in [4.69, 9.17) is 0 Å². The van der Waals surface area contributed by atoms with E-state index in [9.17, 15) is 38.4 Å². The largest absolute Gasteiger partial charge is 0.356 e. The Morgan fingerprint density at radius 3 is 2.30 bits per heavy atom. The van der Waals surface area contributed by atoms with Gasteiger partial charge in [-0.05, 0) is 106 Å². The average molecular weight is 852 g/mol. The van der Waals surface area contributed by atoms with Gasteiger partial charge < -0.3 is 20.9 Å². The van der Waals surface area contributed by atoms with E-state index >= 15 is 0 Å². The van der Waals surface area contributed by atoms with Crippen molar-refractivity contribution in [2.45, 2.75) is 123 Å². The van der Waals surface area contributed by atoms with Crippen LogP contribution in [0.25, 0.3) is 10.4 Å². The Kier molecular flexibility index (Phi) is 13.1. The predicted octanol–water partition coefficient (Wildman–Crippen LogP) is 6.13. The van der Waals surface area contributed by atoms with Crippen LogP contribution in [-0.2, 0) is 30.5 Å². The van der Waals surface area contributed by atoms with E-state index in [0.717, 1.165) is 68.3 Å². The maximum absolute atomic E-state index is 13.4. The van der Waals surface area contributed by atoms with Crippen LogP contribution in [0.15, 0.2) is 30.3 Å². The molecule has 1 saturated carbocycles. The summed E-state index contributed by atoms with van der Waals surface area (Å²) in [7, 11) is 1.33. The van der Waals surface area contributed by atoms with E-state index < -0.39 is 23.8 Å². The van der Waals surface area contributed by atoms with E-state index in [-0.39, 0.29) is 84.5 Å². The first-order valence-corrected chi connectivity index (χ1v) is 22.1. The second-order valence-corrected chi connectivity index (χ2v) is 17.6. The Bertz CT molecular complexity index is 2300. The van der Waals surface area contributed by atoms with Gasteiger partial charge in [0.15, 0.2) is 5.13 Å². The average Bonchev–Trinajstić information content (AvgIpc) is 3.87. The highest BCUT2D eigenvalue weighted by molar-refractivity contribution is 7.19. The molecule has 16 heteroatoms. The monoisotopic (exact) mass is 851 g/mol. The first-order chi connectivity index (χ1) is 29.2. The Morgan fingerprint density at radius 2 is 1.52 bits per heavy atom. The lowest BCUT2D eigenvalue weighted by molar-refractivity contribution is -0.149. The fraction of sp³-hybridized carbons (Fsp3) is 0.489. The Balaban J connectivity index is 0.758. The van der Waals surface area contributed by atoms with Gasteiger partial charge in [-0.1, -0.05) is 36.7 Å². The van der Waals surface area contributed by atoms with Gasteiger partial charge in [0, 0.05) is 57.4 Å². The number of rotatable bonds is 18. The van der Waals surface area contributed by atoms with Gasteiger partial charge in [0.05, 0.1) is 27.4 Å². The molecule has 7 rings (SSSR count). The molecule has 0 bridgehead atoms. The highest BCUT2D eigenvalue weighted by atomic mass is 32.1. The number of piperidine rings is 1. The number of carbonyl (C=O) groups is 8. The van der Waals surface area contributed by atoms with E-state index in [1.54, 1.807) is 12.1 Å². The summed E-state index contributed by atoms with van der Waals surface area (Å²) in [5, 5.41) is 9.06. The summed E-state index contributed by atoms with van der Waals surface area (Å²) in [6.45, 7) is 7.18. The number of carbonyl (C=O) groups excluding carboxylic acids is 8. The fourth-order valence-electron chi connectivity index (χ4n) is 8.59. The smallest absolute Gasteiger partial charge is 0.264 e. The molecule has 3 aromatic rings. The van der Waals surface area contributed by atoms with Crippen molar-refractivity contribution in [3.63, 3.8) is 0 Å². The second-order valence-electron chi connectivity index (χ2n) is 16.6. The molecule has 2 aromatic carbocycles. The van der Waals surface area contributed by atoms with Crippen LogP contribution < -0.4 is 16.0 Å². The number of imide groups is 2. The molecule has 322 valence electrons.